The van der Waals surface area contributed by atoms with Crippen LogP contribution in [0.1, 0.15) is 10.4 Å². The molecule has 0 aliphatic heterocycles. The molecule has 0 bridgehead atoms. The lowest BCUT2D eigenvalue weighted by Gasteiger charge is -2.22. The van der Waals surface area contributed by atoms with Gasteiger partial charge in [-0.2, -0.15) is 0 Å². The fraction of sp³-hybridized carbons (Fsp3) is 0.267. The van der Waals surface area contributed by atoms with E-state index < -0.39 is 0 Å². The van der Waals surface area contributed by atoms with Crippen LogP contribution in [0.4, 0.5) is 11.4 Å². The van der Waals surface area contributed by atoms with Gasteiger partial charge in [0.05, 0.1) is 0 Å². The predicted molar refractivity (Wildman–Crippen MR) is 78.0 cm³/mol. The molecule has 2 aromatic carbocycles. The number of hydrogen-bond donors (Lipinski definition) is 0. The first-order valence-corrected chi connectivity index (χ1v) is 5.92. The van der Waals surface area contributed by atoms with Gasteiger partial charge in [-0.05, 0) is 23.6 Å². The zero-order chi connectivity index (χ0) is 13.3. The van der Waals surface area contributed by atoms with Gasteiger partial charge in [0, 0.05) is 50.5 Å². The molecule has 0 saturated heterocycles. The lowest BCUT2D eigenvalue weighted by molar-refractivity contribution is 0.112. The van der Waals surface area contributed by atoms with Crippen molar-refractivity contribution in [3.8, 4) is 0 Å². The zero-order valence-electron chi connectivity index (χ0n) is 11.3. The van der Waals surface area contributed by atoms with Crippen LogP contribution < -0.4 is 9.80 Å². The average molecular weight is 242 g/mol. The fourth-order valence-corrected chi connectivity index (χ4v) is 2.24. The molecule has 0 aromatic heterocycles. The average Bonchev–Trinajstić information content (AvgIpc) is 2.36. The zero-order valence-corrected chi connectivity index (χ0v) is 11.3. The van der Waals surface area contributed by atoms with E-state index in [2.05, 4.69) is 15.9 Å². The topological polar surface area (TPSA) is 23.6 Å². The molecule has 2 aromatic rings. The number of carbonyl (C=O) groups excluding carboxylic acids is 1. The van der Waals surface area contributed by atoms with Gasteiger partial charge < -0.3 is 9.80 Å². The van der Waals surface area contributed by atoms with Crippen LogP contribution in [-0.2, 0) is 0 Å². The monoisotopic (exact) mass is 242 g/mol. The number of aldehydes is 1. The summed E-state index contributed by atoms with van der Waals surface area (Å²) < 4.78 is 0. The van der Waals surface area contributed by atoms with Crippen LogP contribution in [0.5, 0.6) is 0 Å². The third-order valence-electron chi connectivity index (χ3n) is 3.12. The Morgan fingerprint density at radius 1 is 0.889 bits per heavy atom. The number of benzene rings is 2. The summed E-state index contributed by atoms with van der Waals surface area (Å²) in [4.78, 5) is 15.3. The Morgan fingerprint density at radius 3 is 2.06 bits per heavy atom. The number of carbonyl (C=O) groups is 1. The highest BCUT2D eigenvalue weighted by molar-refractivity contribution is 6.10. The highest BCUT2D eigenvalue weighted by atomic mass is 16.1. The van der Waals surface area contributed by atoms with Gasteiger partial charge in [0.2, 0.25) is 0 Å². The molecule has 0 atom stereocenters. The molecule has 0 spiro atoms. The van der Waals surface area contributed by atoms with Crippen molar-refractivity contribution >= 4 is 28.4 Å². The van der Waals surface area contributed by atoms with E-state index in [0.29, 0.717) is 0 Å². The summed E-state index contributed by atoms with van der Waals surface area (Å²) in [6.45, 7) is 0. The Bertz CT molecular complexity index is 574. The van der Waals surface area contributed by atoms with Crippen LogP contribution in [0.3, 0.4) is 0 Å². The summed E-state index contributed by atoms with van der Waals surface area (Å²) in [5, 5.41) is 2.12. The Kier molecular flexibility index (Phi) is 3.24. The van der Waals surface area contributed by atoms with E-state index in [1.54, 1.807) is 0 Å². The van der Waals surface area contributed by atoms with Crippen molar-refractivity contribution in [1.82, 2.24) is 0 Å². The van der Waals surface area contributed by atoms with E-state index in [1.165, 1.54) is 0 Å². The summed E-state index contributed by atoms with van der Waals surface area (Å²) >= 11 is 0. The molecule has 0 unspecified atom stereocenters. The number of rotatable bonds is 3. The molecule has 0 fully saturated rings. The molecule has 94 valence electrons. The highest BCUT2D eigenvalue weighted by Gasteiger charge is 2.12. The third-order valence-corrected chi connectivity index (χ3v) is 3.12. The Morgan fingerprint density at radius 2 is 1.50 bits per heavy atom. The maximum atomic E-state index is 11.2. The SMILES string of the molecule is CN(C)c1cccc2c(C=O)ccc(N(C)C)c12. The van der Waals surface area contributed by atoms with Gasteiger partial charge in [-0.3, -0.25) is 4.79 Å². The molecule has 0 aliphatic rings. The minimum absolute atomic E-state index is 0.735. The predicted octanol–water partition coefficient (Wildman–Crippen LogP) is 2.78. The van der Waals surface area contributed by atoms with Crippen LogP contribution in [-0.4, -0.2) is 34.5 Å². The van der Waals surface area contributed by atoms with Crippen LogP contribution >= 0.6 is 0 Å². The largest absolute Gasteiger partial charge is 0.377 e. The molecule has 18 heavy (non-hydrogen) atoms. The second-order valence-corrected chi connectivity index (χ2v) is 4.78. The fourth-order valence-electron chi connectivity index (χ4n) is 2.24. The molecular weight excluding hydrogens is 224 g/mol. The van der Waals surface area contributed by atoms with Gasteiger partial charge in [0.15, 0.2) is 6.29 Å². The van der Waals surface area contributed by atoms with Crippen molar-refractivity contribution in [3.05, 3.63) is 35.9 Å². The molecule has 0 saturated carbocycles. The van der Waals surface area contributed by atoms with Crippen molar-refractivity contribution in [1.29, 1.82) is 0 Å². The summed E-state index contributed by atoms with van der Waals surface area (Å²) in [7, 11) is 8.06. The lowest BCUT2D eigenvalue weighted by Crippen LogP contribution is -2.13. The van der Waals surface area contributed by atoms with Gasteiger partial charge in [0.25, 0.3) is 0 Å². The van der Waals surface area contributed by atoms with Crippen molar-refractivity contribution in [2.75, 3.05) is 38.0 Å². The summed E-state index contributed by atoms with van der Waals surface area (Å²) in [5.74, 6) is 0. The quantitative estimate of drug-likeness (QED) is 0.773. The van der Waals surface area contributed by atoms with E-state index in [9.17, 15) is 4.79 Å². The summed E-state index contributed by atoms with van der Waals surface area (Å²) in [6, 6.07) is 9.94. The first kappa shape index (κ1) is 12.4. The number of anilines is 2. The van der Waals surface area contributed by atoms with Crippen molar-refractivity contribution in [3.63, 3.8) is 0 Å². The van der Waals surface area contributed by atoms with Crippen LogP contribution in [0.15, 0.2) is 30.3 Å². The van der Waals surface area contributed by atoms with Crippen LogP contribution in [0.2, 0.25) is 0 Å². The number of fused-ring (bicyclic) bond motifs is 1. The molecule has 0 amide bonds. The lowest BCUT2D eigenvalue weighted by atomic mass is 10.0. The minimum atomic E-state index is 0.735. The molecule has 3 heteroatoms. The smallest absolute Gasteiger partial charge is 0.150 e. The summed E-state index contributed by atoms with van der Waals surface area (Å²) in [5.41, 5.74) is 2.99. The van der Waals surface area contributed by atoms with Crippen LogP contribution in [0, 0.1) is 0 Å². The molecule has 3 nitrogen and oxygen atoms in total. The van der Waals surface area contributed by atoms with E-state index in [4.69, 9.17) is 0 Å². The first-order valence-electron chi connectivity index (χ1n) is 5.92. The summed E-state index contributed by atoms with van der Waals surface area (Å²) in [6.07, 6.45) is 0.918. The standard InChI is InChI=1S/C15H18N2O/c1-16(2)13-7-5-6-12-11(10-18)8-9-14(15(12)13)17(3)4/h5-10H,1-4H3. The van der Waals surface area contributed by atoms with Gasteiger partial charge in [-0.15, -0.1) is 0 Å². The number of nitrogens with zero attached hydrogens (tertiary/aromatic N) is 2. The van der Waals surface area contributed by atoms with Gasteiger partial charge in [-0.1, -0.05) is 12.1 Å². The Balaban J connectivity index is 2.92. The van der Waals surface area contributed by atoms with E-state index >= 15 is 0 Å². The first-order chi connectivity index (χ1) is 8.56. The normalized spacial score (nSPS) is 10.4. The molecule has 0 radical (unpaired) electrons. The maximum absolute atomic E-state index is 11.2. The van der Waals surface area contributed by atoms with E-state index in [1.807, 2.05) is 52.5 Å². The number of hydrogen-bond acceptors (Lipinski definition) is 3. The van der Waals surface area contributed by atoms with Gasteiger partial charge >= 0.3 is 0 Å². The third kappa shape index (κ3) is 1.92. The maximum Gasteiger partial charge on any atom is 0.150 e. The minimum Gasteiger partial charge on any atom is -0.377 e. The Hall–Kier alpha value is -2.03. The second kappa shape index (κ2) is 4.69. The molecule has 0 N–H and O–H groups in total. The molecule has 2 rings (SSSR count). The van der Waals surface area contributed by atoms with E-state index in [-0.39, 0.29) is 0 Å². The van der Waals surface area contributed by atoms with Crippen molar-refractivity contribution < 1.29 is 4.79 Å². The molecule has 0 heterocycles. The molecule has 0 aliphatic carbocycles. The highest BCUT2D eigenvalue weighted by Crippen LogP contribution is 2.35. The Labute approximate surface area is 108 Å². The van der Waals surface area contributed by atoms with Gasteiger partial charge in [-0.25, -0.2) is 0 Å². The molecular formula is C15H18N2O. The van der Waals surface area contributed by atoms with Crippen LogP contribution in [0.25, 0.3) is 10.8 Å². The van der Waals surface area contributed by atoms with Crippen molar-refractivity contribution in [2.24, 2.45) is 0 Å². The second-order valence-electron chi connectivity index (χ2n) is 4.78. The van der Waals surface area contributed by atoms with Crippen molar-refractivity contribution in [2.45, 2.75) is 0 Å². The van der Waals surface area contributed by atoms with Gasteiger partial charge in [0.1, 0.15) is 0 Å². The van der Waals surface area contributed by atoms with E-state index in [0.717, 1.165) is 34.0 Å².